The summed E-state index contributed by atoms with van der Waals surface area (Å²) in [5.41, 5.74) is 4.37. The van der Waals surface area contributed by atoms with E-state index in [0.29, 0.717) is 17.5 Å². The summed E-state index contributed by atoms with van der Waals surface area (Å²) in [6, 6.07) is 8.37. The number of carbonyl (C=O) groups excluding carboxylic acids is 1. The second-order valence-electron chi connectivity index (χ2n) is 10.8. The zero-order valence-electron chi connectivity index (χ0n) is 21.4. The Morgan fingerprint density at radius 1 is 1.14 bits per heavy atom. The van der Waals surface area contributed by atoms with E-state index in [1.165, 1.54) is 0 Å². The van der Waals surface area contributed by atoms with Crippen molar-refractivity contribution < 1.29 is 14.6 Å². The normalized spacial score (nSPS) is 20.5. The number of hydrogen-bond acceptors (Lipinski definition) is 7. The van der Waals surface area contributed by atoms with Crippen LogP contribution in [-0.4, -0.2) is 71.1 Å². The number of ether oxygens (including phenoxy) is 1. The summed E-state index contributed by atoms with van der Waals surface area (Å²) >= 11 is 0. The molecule has 3 aliphatic rings. The van der Waals surface area contributed by atoms with Gasteiger partial charge in [0.1, 0.15) is 11.6 Å². The van der Waals surface area contributed by atoms with Crippen molar-refractivity contribution in [2.75, 3.05) is 49.7 Å². The Kier molecular flexibility index (Phi) is 6.73. The second-order valence-corrected chi connectivity index (χ2v) is 10.8. The molecule has 0 bridgehead atoms. The van der Waals surface area contributed by atoms with Crippen LogP contribution in [0.1, 0.15) is 48.0 Å². The summed E-state index contributed by atoms with van der Waals surface area (Å²) in [5.74, 6) is 2.66. The molecule has 1 saturated carbocycles. The van der Waals surface area contributed by atoms with Crippen molar-refractivity contribution >= 4 is 23.2 Å². The average Bonchev–Trinajstić information content (AvgIpc) is 3.42. The molecular formula is C28H36N6O3. The van der Waals surface area contributed by atoms with Gasteiger partial charge >= 0.3 is 0 Å². The van der Waals surface area contributed by atoms with Gasteiger partial charge in [-0.1, -0.05) is 12.1 Å². The third kappa shape index (κ3) is 5.15. The number of anilines is 2. The molecule has 1 aliphatic carbocycles. The van der Waals surface area contributed by atoms with Gasteiger partial charge in [0.05, 0.1) is 6.20 Å². The zero-order valence-corrected chi connectivity index (χ0v) is 21.4. The number of nitrogens with zero attached hydrogens (tertiary/aromatic N) is 4. The van der Waals surface area contributed by atoms with Crippen LogP contribution in [-0.2, 0) is 4.74 Å². The van der Waals surface area contributed by atoms with Crippen molar-refractivity contribution in [2.45, 2.75) is 45.1 Å². The molecule has 6 rings (SSSR count). The first-order chi connectivity index (χ1) is 18.1. The van der Waals surface area contributed by atoms with Crippen molar-refractivity contribution in [3.05, 3.63) is 41.6 Å². The van der Waals surface area contributed by atoms with Gasteiger partial charge in [-0.2, -0.15) is 9.61 Å². The highest BCUT2D eigenvalue weighted by Gasteiger charge is 2.26. The van der Waals surface area contributed by atoms with E-state index >= 15 is 0 Å². The number of carbonyl (C=O) groups is 1. The van der Waals surface area contributed by atoms with Gasteiger partial charge in [0.15, 0.2) is 5.65 Å². The molecule has 3 fully saturated rings. The number of nitrogens with one attached hydrogen (secondary N) is 2. The van der Waals surface area contributed by atoms with Crippen LogP contribution < -0.4 is 15.5 Å². The number of aromatic nitrogens is 3. The fourth-order valence-corrected chi connectivity index (χ4v) is 5.41. The topological polar surface area (TPSA) is 104 Å². The lowest BCUT2D eigenvalue weighted by Gasteiger charge is -2.24. The average molecular weight is 505 g/mol. The lowest BCUT2D eigenvalue weighted by molar-refractivity contribution is 0.0699. The molecule has 2 aromatic heterocycles. The third-order valence-corrected chi connectivity index (χ3v) is 7.93. The Morgan fingerprint density at radius 3 is 2.70 bits per heavy atom. The fourth-order valence-electron chi connectivity index (χ4n) is 5.41. The summed E-state index contributed by atoms with van der Waals surface area (Å²) < 4.78 is 7.42. The van der Waals surface area contributed by atoms with Gasteiger partial charge in [-0.3, -0.25) is 4.79 Å². The van der Waals surface area contributed by atoms with Gasteiger partial charge in [-0.15, -0.1) is 0 Å². The number of aryl methyl sites for hydroxylation is 1. The first-order valence-electron chi connectivity index (χ1n) is 13.6. The van der Waals surface area contributed by atoms with Crippen LogP contribution >= 0.6 is 0 Å². The van der Waals surface area contributed by atoms with Crippen LogP contribution in [0.5, 0.6) is 0 Å². The van der Waals surface area contributed by atoms with Gasteiger partial charge in [0.2, 0.25) is 0 Å². The minimum atomic E-state index is -0.00102. The number of aliphatic hydroxyl groups excluding tert-OH is 1. The number of fused-ring (bicyclic) bond motifs is 1. The molecule has 9 heteroatoms. The quantitative estimate of drug-likeness (QED) is 0.433. The molecule has 1 amide bonds. The van der Waals surface area contributed by atoms with Crippen molar-refractivity contribution in [3.8, 4) is 11.1 Å². The van der Waals surface area contributed by atoms with Crippen LogP contribution in [0.15, 0.2) is 30.5 Å². The molecule has 0 unspecified atom stereocenters. The van der Waals surface area contributed by atoms with Gasteiger partial charge in [-0.05, 0) is 62.1 Å². The molecule has 2 aliphatic heterocycles. The van der Waals surface area contributed by atoms with Crippen LogP contribution in [0.2, 0.25) is 0 Å². The largest absolute Gasteiger partial charge is 0.396 e. The van der Waals surface area contributed by atoms with Crippen molar-refractivity contribution in [1.82, 2.24) is 19.9 Å². The first-order valence-corrected chi connectivity index (χ1v) is 13.6. The Hall–Kier alpha value is -3.17. The molecule has 1 atom stereocenters. The second kappa shape index (κ2) is 10.3. The lowest BCUT2D eigenvalue weighted by atomic mass is 10.0. The highest BCUT2D eigenvalue weighted by molar-refractivity contribution is 5.97. The number of benzene rings is 1. The maximum atomic E-state index is 12.6. The first kappa shape index (κ1) is 24.2. The van der Waals surface area contributed by atoms with Gasteiger partial charge in [-0.25, -0.2) is 4.98 Å². The van der Waals surface area contributed by atoms with E-state index in [9.17, 15) is 9.90 Å². The van der Waals surface area contributed by atoms with Crippen molar-refractivity contribution in [1.29, 1.82) is 0 Å². The molecule has 196 valence electrons. The number of aliphatic hydroxyl groups is 1. The molecule has 9 nitrogen and oxygen atoms in total. The Balaban J connectivity index is 1.33. The fraction of sp³-hybridized carbons (Fsp3) is 0.536. The summed E-state index contributed by atoms with van der Waals surface area (Å²) in [5, 5.41) is 21.1. The molecule has 3 aromatic rings. The summed E-state index contributed by atoms with van der Waals surface area (Å²) in [7, 11) is 0. The Labute approximate surface area is 217 Å². The smallest absolute Gasteiger partial charge is 0.251 e. The monoisotopic (exact) mass is 504 g/mol. The molecule has 0 spiro atoms. The van der Waals surface area contributed by atoms with E-state index in [1.54, 1.807) is 0 Å². The standard InChI is InChI=1S/C28H36N6O3/c1-18-12-21(2-5-23(18)28(36)31-22-3-4-22)24-15-30-34-25(29-14-19-7-10-37-11-8-19)13-26(32-27(24)34)33-9-6-20(16-33)17-35/h2,5,12-13,15,19-20,22,29,35H,3-4,6-11,14,16-17H2,1H3,(H,31,36)/t20-/m1/s1. The van der Waals surface area contributed by atoms with E-state index < -0.39 is 0 Å². The molecule has 1 aromatic carbocycles. The van der Waals surface area contributed by atoms with E-state index in [-0.39, 0.29) is 18.4 Å². The molecule has 4 heterocycles. The van der Waals surface area contributed by atoms with Gasteiger partial charge < -0.3 is 25.4 Å². The van der Waals surface area contributed by atoms with Crippen molar-refractivity contribution in [3.63, 3.8) is 0 Å². The molecule has 37 heavy (non-hydrogen) atoms. The minimum Gasteiger partial charge on any atom is -0.396 e. The Bertz CT molecular complexity index is 1280. The van der Waals surface area contributed by atoms with Crippen LogP contribution in [0.4, 0.5) is 11.6 Å². The maximum Gasteiger partial charge on any atom is 0.251 e. The van der Waals surface area contributed by atoms with E-state index in [0.717, 1.165) is 98.9 Å². The van der Waals surface area contributed by atoms with E-state index in [4.69, 9.17) is 14.8 Å². The van der Waals surface area contributed by atoms with Gasteiger partial charge in [0, 0.05) is 68.6 Å². The highest BCUT2D eigenvalue weighted by atomic mass is 16.5. The SMILES string of the molecule is Cc1cc(-c2cnn3c(NCC4CCOCC4)cc(N4CC[C@@H](CO)C4)nc23)ccc1C(=O)NC1CC1. The molecular weight excluding hydrogens is 468 g/mol. The maximum absolute atomic E-state index is 12.6. The minimum absolute atomic E-state index is 0.00102. The summed E-state index contributed by atoms with van der Waals surface area (Å²) in [6.07, 6.45) is 7.08. The summed E-state index contributed by atoms with van der Waals surface area (Å²) in [6.45, 7) is 6.36. The highest BCUT2D eigenvalue weighted by Crippen LogP contribution is 2.32. The predicted octanol–water partition coefficient (Wildman–Crippen LogP) is 3.25. The molecule has 2 saturated heterocycles. The van der Waals surface area contributed by atoms with Crippen LogP contribution in [0, 0.1) is 18.8 Å². The number of amides is 1. The third-order valence-electron chi connectivity index (χ3n) is 7.93. The molecule has 3 N–H and O–H groups in total. The predicted molar refractivity (Wildman–Crippen MR) is 143 cm³/mol. The lowest BCUT2D eigenvalue weighted by Crippen LogP contribution is -2.26. The molecule has 0 radical (unpaired) electrons. The van der Waals surface area contributed by atoms with E-state index in [1.807, 2.05) is 29.8 Å². The number of rotatable bonds is 8. The number of hydrogen-bond donors (Lipinski definition) is 3. The van der Waals surface area contributed by atoms with Gasteiger partial charge in [0.25, 0.3) is 5.91 Å². The van der Waals surface area contributed by atoms with Crippen LogP contribution in [0.3, 0.4) is 0 Å². The van der Waals surface area contributed by atoms with Crippen LogP contribution in [0.25, 0.3) is 16.8 Å². The van der Waals surface area contributed by atoms with Crippen molar-refractivity contribution in [2.24, 2.45) is 11.8 Å². The zero-order chi connectivity index (χ0) is 25.4. The summed E-state index contributed by atoms with van der Waals surface area (Å²) in [4.78, 5) is 20.0. The Morgan fingerprint density at radius 2 is 1.97 bits per heavy atom. The van der Waals surface area contributed by atoms with E-state index in [2.05, 4.69) is 27.7 Å².